The molecule has 2 aromatic carbocycles. The molecule has 0 radical (unpaired) electrons. The van der Waals surface area contributed by atoms with Crippen LogP contribution in [0, 0.1) is 0 Å². The van der Waals surface area contributed by atoms with E-state index < -0.39 is 12.1 Å². The number of fused-ring (bicyclic) bond motifs is 1. The highest BCUT2D eigenvalue weighted by atomic mass is 16.6. The molecular weight excluding hydrogens is 324 g/mol. The third-order valence-corrected chi connectivity index (χ3v) is 3.62. The topological polar surface area (TPSA) is 71.1 Å². The lowest BCUT2D eigenvalue weighted by Gasteiger charge is -2.24. The molecule has 0 saturated heterocycles. The molecule has 6 nitrogen and oxygen atoms in total. The number of hydrogen-bond acceptors (Lipinski definition) is 6. The van der Waals surface area contributed by atoms with E-state index in [1.165, 1.54) is 6.92 Å². The van der Waals surface area contributed by atoms with Gasteiger partial charge in [-0.2, -0.15) is 0 Å². The Morgan fingerprint density at radius 1 is 1.04 bits per heavy atom. The summed E-state index contributed by atoms with van der Waals surface area (Å²) in [6.45, 7) is 1.76. The molecule has 6 heteroatoms. The van der Waals surface area contributed by atoms with Gasteiger partial charge in [0.25, 0.3) is 0 Å². The molecule has 0 amide bonds. The fraction of sp³-hybridized carbons (Fsp3) is 0.263. The van der Waals surface area contributed by atoms with Gasteiger partial charge in [-0.25, -0.2) is 4.79 Å². The molecular formula is C19H18O6. The maximum Gasteiger partial charge on any atom is 0.351 e. The lowest BCUT2D eigenvalue weighted by Crippen LogP contribution is -2.38. The van der Waals surface area contributed by atoms with E-state index in [2.05, 4.69) is 0 Å². The van der Waals surface area contributed by atoms with E-state index in [9.17, 15) is 9.59 Å². The van der Waals surface area contributed by atoms with Crippen LogP contribution in [0.4, 0.5) is 0 Å². The highest BCUT2D eigenvalue weighted by Gasteiger charge is 2.28. The van der Waals surface area contributed by atoms with Crippen molar-refractivity contribution in [2.24, 2.45) is 0 Å². The summed E-state index contributed by atoms with van der Waals surface area (Å²) >= 11 is 0. The number of ketones is 1. The maximum atomic E-state index is 12.1. The lowest BCUT2D eigenvalue weighted by molar-refractivity contribution is -0.155. The largest absolute Gasteiger partial charge is 0.489 e. The van der Waals surface area contributed by atoms with Crippen molar-refractivity contribution in [2.45, 2.75) is 13.0 Å². The monoisotopic (exact) mass is 342 g/mol. The number of hydrogen-bond donors (Lipinski definition) is 0. The number of rotatable bonds is 6. The van der Waals surface area contributed by atoms with Gasteiger partial charge in [0, 0.05) is 0 Å². The predicted molar refractivity (Wildman–Crippen MR) is 89.3 cm³/mol. The molecule has 2 aromatic rings. The van der Waals surface area contributed by atoms with Crippen LogP contribution in [0.3, 0.4) is 0 Å². The van der Waals surface area contributed by atoms with E-state index in [1.807, 2.05) is 6.07 Å². The molecule has 25 heavy (non-hydrogen) atoms. The zero-order chi connectivity index (χ0) is 17.6. The first-order chi connectivity index (χ1) is 12.1. The molecule has 0 spiro atoms. The Bertz CT molecular complexity index is 770. The molecule has 1 atom stereocenters. The number of para-hydroxylation sites is 3. The zero-order valence-electron chi connectivity index (χ0n) is 13.8. The van der Waals surface area contributed by atoms with Gasteiger partial charge in [-0.05, 0) is 31.2 Å². The second-order valence-electron chi connectivity index (χ2n) is 5.43. The van der Waals surface area contributed by atoms with Gasteiger partial charge in [0.05, 0.1) is 5.56 Å². The van der Waals surface area contributed by atoms with Crippen LogP contribution in [-0.4, -0.2) is 37.7 Å². The van der Waals surface area contributed by atoms with E-state index in [0.717, 1.165) is 0 Å². The molecule has 0 bridgehead atoms. The lowest BCUT2D eigenvalue weighted by atomic mass is 10.1. The molecule has 0 aliphatic carbocycles. The molecule has 0 unspecified atom stereocenters. The molecule has 1 aliphatic heterocycles. The quantitative estimate of drug-likeness (QED) is 0.457. The van der Waals surface area contributed by atoms with Gasteiger partial charge in [0.15, 0.2) is 17.3 Å². The number of ether oxygens (including phenoxy) is 4. The van der Waals surface area contributed by atoms with Crippen LogP contribution in [0.15, 0.2) is 48.5 Å². The summed E-state index contributed by atoms with van der Waals surface area (Å²) in [5.41, 5.74) is 0.495. The van der Waals surface area contributed by atoms with E-state index >= 15 is 0 Å². The van der Waals surface area contributed by atoms with Gasteiger partial charge in [0.2, 0.25) is 6.10 Å². The molecule has 1 aliphatic rings. The third kappa shape index (κ3) is 4.09. The van der Waals surface area contributed by atoms with Crippen molar-refractivity contribution in [1.29, 1.82) is 0 Å². The normalized spacial score (nSPS) is 15.3. The minimum absolute atomic E-state index is 0.0482. The zero-order valence-corrected chi connectivity index (χ0v) is 13.8. The minimum atomic E-state index is -0.806. The number of benzene rings is 2. The van der Waals surface area contributed by atoms with Crippen LogP contribution in [0.25, 0.3) is 0 Å². The predicted octanol–water partition coefficient (Wildman–Crippen LogP) is 2.65. The molecule has 0 saturated carbocycles. The highest BCUT2D eigenvalue weighted by Crippen LogP contribution is 2.31. The molecule has 3 rings (SSSR count). The first kappa shape index (κ1) is 16.8. The van der Waals surface area contributed by atoms with Crippen LogP contribution >= 0.6 is 0 Å². The van der Waals surface area contributed by atoms with Crippen LogP contribution in [0.1, 0.15) is 17.3 Å². The Morgan fingerprint density at radius 3 is 2.56 bits per heavy atom. The van der Waals surface area contributed by atoms with Gasteiger partial charge < -0.3 is 18.9 Å². The molecule has 0 aromatic heterocycles. The number of carbonyl (C=O) groups excluding carboxylic acids is 2. The Hall–Kier alpha value is -3.02. The summed E-state index contributed by atoms with van der Waals surface area (Å²) in [6, 6.07) is 14.1. The van der Waals surface area contributed by atoms with Crippen molar-refractivity contribution in [3.63, 3.8) is 0 Å². The maximum absolute atomic E-state index is 12.1. The van der Waals surface area contributed by atoms with Crippen LogP contribution in [-0.2, 0) is 9.53 Å². The van der Waals surface area contributed by atoms with Gasteiger partial charge in [-0.15, -0.1) is 0 Å². The summed E-state index contributed by atoms with van der Waals surface area (Å²) < 4.78 is 21.7. The van der Waals surface area contributed by atoms with Gasteiger partial charge in [-0.3, -0.25) is 4.79 Å². The fourth-order valence-electron chi connectivity index (χ4n) is 2.41. The van der Waals surface area contributed by atoms with E-state index in [4.69, 9.17) is 18.9 Å². The van der Waals surface area contributed by atoms with Crippen LogP contribution in [0.5, 0.6) is 17.2 Å². The fourth-order valence-corrected chi connectivity index (χ4v) is 2.41. The molecule has 0 fully saturated rings. The first-order valence-electron chi connectivity index (χ1n) is 7.93. The smallest absolute Gasteiger partial charge is 0.351 e. The first-order valence-corrected chi connectivity index (χ1v) is 7.93. The second-order valence-corrected chi connectivity index (χ2v) is 5.43. The summed E-state index contributed by atoms with van der Waals surface area (Å²) in [5.74, 6) is 0.993. The van der Waals surface area contributed by atoms with Gasteiger partial charge in [-0.1, -0.05) is 24.3 Å². The minimum Gasteiger partial charge on any atom is -0.489 e. The standard InChI is InChI=1S/C19H18O6/c1-13(20)14-6-2-3-7-15(14)22-10-11-23-19(21)18-12-24-16-8-4-5-9-17(16)25-18/h2-9,18H,10-12H2,1H3/t18-/m1/s1. The average Bonchev–Trinajstić information content (AvgIpc) is 2.64. The van der Waals surface area contributed by atoms with Gasteiger partial charge >= 0.3 is 5.97 Å². The van der Waals surface area contributed by atoms with Gasteiger partial charge in [0.1, 0.15) is 25.6 Å². The summed E-state index contributed by atoms with van der Waals surface area (Å²) in [5, 5.41) is 0. The Kier molecular flexibility index (Phi) is 5.18. The number of Topliss-reactive ketones (excluding diaryl/α,β-unsaturated/α-hetero) is 1. The summed E-state index contributed by atoms with van der Waals surface area (Å²) in [6.07, 6.45) is -0.806. The third-order valence-electron chi connectivity index (χ3n) is 3.62. The van der Waals surface area contributed by atoms with E-state index in [0.29, 0.717) is 22.8 Å². The highest BCUT2D eigenvalue weighted by molar-refractivity contribution is 5.96. The van der Waals surface area contributed by atoms with Crippen molar-refractivity contribution in [1.82, 2.24) is 0 Å². The Balaban J connectivity index is 1.47. The molecule has 1 heterocycles. The second kappa shape index (κ2) is 7.70. The Morgan fingerprint density at radius 2 is 1.76 bits per heavy atom. The average molecular weight is 342 g/mol. The Labute approximate surface area is 145 Å². The number of carbonyl (C=O) groups is 2. The van der Waals surface area contributed by atoms with Crippen LogP contribution in [0.2, 0.25) is 0 Å². The van der Waals surface area contributed by atoms with E-state index in [1.54, 1.807) is 42.5 Å². The van der Waals surface area contributed by atoms with E-state index in [-0.39, 0.29) is 25.6 Å². The van der Waals surface area contributed by atoms with Crippen LogP contribution < -0.4 is 14.2 Å². The number of esters is 1. The van der Waals surface area contributed by atoms with Crippen molar-refractivity contribution in [3.05, 3.63) is 54.1 Å². The molecule has 130 valence electrons. The summed E-state index contributed by atoms with van der Waals surface area (Å²) in [7, 11) is 0. The SMILES string of the molecule is CC(=O)c1ccccc1OCCOC(=O)[C@H]1COc2ccccc2O1. The van der Waals surface area contributed by atoms with Crippen molar-refractivity contribution < 1.29 is 28.5 Å². The van der Waals surface area contributed by atoms with Crippen molar-refractivity contribution >= 4 is 11.8 Å². The van der Waals surface area contributed by atoms with Crippen molar-refractivity contribution in [3.8, 4) is 17.2 Å². The molecule has 0 N–H and O–H groups in total. The van der Waals surface area contributed by atoms with Crippen molar-refractivity contribution in [2.75, 3.05) is 19.8 Å². The summed E-state index contributed by atoms with van der Waals surface area (Å²) in [4.78, 5) is 23.6.